The number of imidazole rings is 1. The van der Waals surface area contributed by atoms with Crippen LogP contribution in [-0.2, 0) is 0 Å². The molecule has 1 unspecified atom stereocenters. The molecular weight excluding hydrogens is 288 g/mol. The van der Waals surface area contributed by atoms with E-state index in [0.29, 0.717) is 5.69 Å². The molecule has 23 heavy (non-hydrogen) atoms. The van der Waals surface area contributed by atoms with Crippen molar-refractivity contribution < 1.29 is 4.79 Å². The van der Waals surface area contributed by atoms with Gasteiger partial charge in [0.25, 0.3) is 5.91 Å². The Hall–Kier alpha value is -2.56. The molecule has 1 aromatic carbocycles. The van der Waals surface area contributed by atoms with Gasteiger partial charge in [0.15, 0.2) is 0 Å². The van der Waals surface area contributed by atoms with E-state index in [1.54, 1.807) is 6.20 Å². The Labute approximate surface area is 134 Å². The zero-order valence-electron chi connectivity index (χ0n) is 13.2. The highest BCUT2D eigenvalue weighted by Crippen LogP contribution is 2.28. The summed E-state index contributed by atoms with van der Waals surface area (Å²) in [6.45, 7) is 3.61. The van der Waals surface area contributed by atoms with Crippen LogP contribution in [0.2, 0.25) is 0 Å². The summed E-state index contributed by atoms with van der Waals surface area (Å²) in [6.07, 6.45) is 3.86. The largest absolute Gasteiger partial charge is 0.357 e. The van der Waals surface area contributed by atoms with Crippen molar-refractivity contribution in [2.45, 2.75) is 25.7 Å². The van der Waals surface area contributed by atoms with E-state index < -0.39 is 0 Å². The zero-order valence-corrected chi connectivity index (χ0v) is 13.2. The van der Waals surface area contributed by atoms with Gasteiger partial charge in [0.2, 0.25) is 0 Å². The predicted molar refractivity (Wildman–Crippen MR) is 89.5 cm³/mol. The van der Waals surface area contributed by atoms with Crippen molar-refractivity contribution in [3.63, 3.8) is 0 Å². The molecule has 3 heterocycles. The first kappa shape index (κ1) is 14.1. The molecule has 0 saturated carbocycles. The minimum atomic E-state index is 0.0759. The highest BCUT2D eigenvalue weighted by atomic mass is 16.2. The van der Waals surface area contributed by atoms with Crippen LogP contribution in [0.25, 0.3) is 11.0 Å². The molecule has 1 aliphatic heterocycles. The number of carbonyl (C=O) groups is 1. The third-order valence-corrected chi connectivity index (χ3v) is 4.66. The second-order valence-electron chi connectivity index (χ2n) is 6.27. The number of hydrogen-bond donors (Lipinski definition) is 2. The molecule has 1 saturated heterocycles. The number of likely N-dealkylation sites (tertiary alicyclic amines) is 1. The number of nitrogens with one attached hydrogen (secondary N) is 2. The van der Waals surface area contributed by atoms with Crippen molar-refractivity contribution in [2.24, 2.45) is 0 Å². The highest BCUT2D eigenvalue weighted by molar-refractivity contribution is 5.92. The van der Waals surface area contributed by atoms with Gasteiger partial charge >= 0.3 is 0 Å². The predicted octanol–water partition coefficient (Wildman–Crippen LogP) is 3.22. The Morgan fingerprint density at radius 2 is 2.22 bits per heavy atom. The fourth-order valence-corrected chi connectivity index (χ4v) is 3.41. The van der Waals surface area contributed by atoms with Gasteiger partial charge in [-0.2, -0.15) is 0 Å². The van der Waals surface area contributed by atoms with Crippen molar-refractivity contribution in [3.05, 3.63) is 53.6 Å². The average molecular weight is 308 g/mol. The Morgan fingerprint density at radius 1 is 1.30 bits per heavy atom. The van der Waals surface area contributed by atoms with Gasteiger partial charge in [-0.15, -0.1) is 0 Å². The fraction of sp³-hybridized carbons (Fsp3) is 0.333. The number of benzene rings is 1. The molecule has 4 rings (SSSR count). The van der Waals surface area contributed by atoms with Gasteiger partial charge in [0.05, 0.1) is 11.0 Å². The smallest absolute Gasteiger partial charge is 0.270 e. The van der Waals surface area contributed by atoms with Crippen LogP contribution in [0.1, 0.15) is 40.6 Å². The summed E-state index contributed by atoms with van der Waals surface area (Å²) >= 11 is 0. The van der Waals surface area contributed by atoms with E-state index in [4.69, 9.17) is 4.98 Å². The maximum Gasteiger partial charge on any atom is 0.270 e. The third kappa shape index (κ3) is 2.52. The molecule has 1 aliphatic rings. The first-order valence-electron chi connectivity index (χ1n) is 8.10. The van der Waals surface area contributed by atoms with Crippen LogP contribution in [0.4, 0.5) is 0 Å². The zero-order chi connectivity index (χ0) is 15.8. The van der Waals surface area contributed by atoms with E-state index in [0.717, 1.165) is 42.8 Å². The van der Waals surface area contributed by atoms with Gasteiger partial charge in [0, 0.05) is 25.2 Å². The molecule has 0 bridgehead atoms. The molecule has 5 nitrogen and oxygen atoms in total. The van der Waals surface area contributed by atoms with Gasteiger partial charge in [-0.05, 0) is 43.5 Å². The minimum Gasteiger partial charge on any atom is -0.357 e. The average Bonchev–Trinajstić information content (AvgIpc) is 3.24. The monoisotopic (exact) mass is 308 g/mol. The number of para-hydroxylation sites is 1. The Morgan fingerprint density at radius 3 is 3.00 bits per heavy atom. The quantitative estimate of drug-likeness (QED) is 0.763. The van der Waals surface area contributed by atoms with Gasteiger partial charge < -0.3 is 14.9 Å². The third-order valence-electron chi connectivity index (χ3n) is 4.66. The van der Waals surface area contributed by atoms with Crippen molar-refractivity contribution in [1.82, 2.24) is 19.9 Å². The van der Waals surface area contributed by atoms with Gasteiger partial charge in [-0.25, -0.2) is 4.98 Å². The molecule has 1 atom stereocenters. The maximum atomic E-state index is 12.5. The fourth-order valence-electron chi connectivity index (χ4n) is 3.41. The lowest BCUT2D eigenvalue weighted by molar-refractivity contribution is 0.0699. The van der Waals surface area contributed by atoms with Gasteiger partial charge in [0.1, 0.15) is 11.5 Å². The summed E-state index contributed by atoms with van der Waals surface area (Å²) in [4.78, 5) is 25.7. The van der Waals surface area contributed by atoms with Crippen molar-refractivity contribution in [2.75, 3.05) is 13.1 Å². The number of piperidine rings is 1. The standard InChI is InChI=1S/C18H20N4O/c1-12-5-2-7-14-16(12)21-17(20-14)13-6-4-10-22(11-13)18(23)15-8-3-9-19-15/h2-3,5,7-9,13,19H,4,6,10-11H2,1H3,(H,20,21). The number of nitrogens with zero attached hydrogens (tertiary/aromatic N) is 2. The lowest BCUT2D eigenvalue weighted by Gasteiger charge is -2.31. The number of rotatable bonds is 2. The molecular formula is C18H20N4O. The Balaban J connectivity index is 1.59. The minimum absolute atomic E-state index is 0.0759. The summed E-state index contributed by atoms with van der Waals surface area (Å²) < 4.78 is 0. The van der Waals surface area contributed by atoms with Crippen LogP contribution in [-0.4, -0.2) is 38.8 Å². The molecule has 3 aromatic rings. The molecule has 0 radical (unpaired) electrons. The Bertz CT molecular complexity index is 834. The molecule has 1 fully saturated rings. The molecule has 5 heteroatoms. The van der Waals surface area contributed by atoms with E-state index in [2.05, 4.69) is 29.0 Å². The molecule has 2 N–H and O–H groups in total. The number of hydrogen-bond acceptors (Lipinski definition) is 2. The van der Waals surface area contributed by atoms with Crippen LogP contribution in [0.15, 0.2) is 36.5 Å². The summed E-state index contributed by atoms with van der Waals surface area (Å²) in [5, 5.41) is 0. The first-order valence-corrected chi connectivity index (χ1v) is 8.10. The van der Waals surface area contributed by atoms with Gasteiger partial charge in [-0.3, -0.25) is 4.79 Å². The van der Waals surface area contributed by atoms with E-state index in [1.807, 2.05) is 23.1 Å². The van der Waals surface area contributed by atoms with E-state index >= 15 is 0 Å². The van der Waals surface area contributed by atoms with Crippen molar-refractivity contribution in [3.8, 4) is 0 Å². The first-order chi connectivity index (χ1) is 11.2. The van der Waals surface area contributed by atoms with E-state index in [9.17, 15) is 4.79 Å². The number of fused-ring (bicyclic) bond motifs is 1. The summed E-state index contributed by atoms with van der Waals surface area (Å²) in [7, 11) is 0. The number of carbonyl (C=O) groups excluding carboxylic acids is 1. The van der Waals surface area contributed by atoms with E-state index in [-0.39, 0.29) is 11.8 Å². The van der Waals surface area contributed by atoms with Crippen LogP contribution in [0.5, 0.6) is 0 Å². The molecule has 2 aromatic heterocycles. The van der Waals surface area contributed by atoms with Crippen LogP contribution >= 0.6 is 0 Å². The van der Waals surface area contributed by atoms with Crippen LogP contribution in [0.3, 0.4) is 0 Å². The van der Waals surface area contributed by atoms with Gasteiger partial charge in [-0.1, -0.05) is 12.1 Å². The maximum absolute atomic E-state index is 12.5. The van der Waals surface area contributed by atoms with Crippen molar-refractivity contribution in [1.29, 1.82) is 0 Å². The van der Waals surface area contributed by atoms with Crippen LogP contribution in [0, 0.1) is 6.92 Å². The van der Waals surface area contributed by atoms with Crippen LogP contribution < -0.4 is 0 Å². The molecule has 1 amide bonds. The SMILES string of the molecule is Cc1cccc2[nH]c(C3CCCN(C(=O)c4ccc[nH]4)C3)nc12. The number of amides is 1. The molecule has 0 aliphatic carbocycles. The summed E-state index contributed by atoms with van der Waals surface area (Å²) in [6, 6.07) is 9.87. The Kier molecular flexibility index (Phi) is 3.41. The number of H-pyrrole nitrogens is 2. The topological polar surface area (TPSA) is 64.8 Å². The highest BCUT2D eigenvalue weighted by Gasteiger charge is 2.27. The lowest BCUT2D eigenvalue weighted by Crippen LogP contribution is -2.39. The summed E-state index contributed by atoms with van der Waals surface area (Å²) in [5.74, 6) is 1.35. The second-order valence-corrected chi connectivity index (χ2v) is 6.27. The molecule has 118 valence electrons. The molecule has 0 spiro atoms. The van der Waals surface area contributed by atoms with E-state index in [1.165, 1.54) is 5.56 Å². The number of aryl methyl sites for hydroxylation is 1. The number of aromatic nitrogens is 3. The number of aromatic amines is 2. The lowest BCUT2D eigenvalue weighted by atomic mass is 9.97. The normalized spacial score (nSPS) is 18.5. The summed E-state index contributed by atoms with van der Waals surface area (Å²) in [5.41, 5.74) is 3.95. The second kappa shape index (κ2) is 5.57. The van der Waals surface area contributed by atoms with Crippen molar-refractivity contribution >= 4 is 16.9 Å².